The molecule has 1 N–H and O–H groups in total. The van der Waals surface area contributed by atoms with Crippen LogP contribution in [-0.2, 0) is 4.79 Å². The monoisotopic (exact) mass is 440 g/mol. The molecule has 1 heterocycles. The number of hydrogen-bond acceptors (Lipinski definition) is 3. The summed E-state index contributed by atoms with van der Waals surface area (Å²) in [7, 11) is 1.56. The Morgan fingerprint density at radius 3 is 2.71 bits per heavy atom. The molecule has 0 unspecified atom stereocenters. The van der Waals surface area contributed by atoms with E-state index in [2.05, 4.69) is 33.1 Å². The third-order valence-corrected chi connectivity index (χ3v) is 5.18. The van der Waals surface area contributed by atoms with E-state index in [0.717, 1.165) is 30.6 Å². The Morgan fingerprint density at radius 1 is 1.21 bits per heavy atom. The van der Waals surface area contributed by atoms with Crippen LogP contribution in [0, 0.1) is 11.8 Å². The van der Waals surface area contributed by atoms with Crippen molar-refractivity contribution < 1.29 is 14.3 Å². The van der Waals surface area contributed by atoms with Gasteiger partial charge < -0.3 is 15.0 Å². The molecule has 1 saturated heterocycles. The summed E-state index contributed by atoms with van der Waals surface area (Å²) < 4.78 is 5.85. The van der Waals surface area contributed by atoms with Crippen molar-refractivity contribution in [3.8, 4) is 17.6 Å². The van der Waals surface area contributed by atoms with Crippen LogP contribution in [0.2, 0.25) is 0 Å². The van der Waals surface area contributed by atoms with Gasteiger partial charge >= 0.3 is 0 Å². The standard InChI is InChI=1S/C22H21BrN2O3/c1-28-18-11-12-20(23)19(15-18)22(27)24-13-4-5-16-7-9-17(10-8-16)25-14-3-2-6-21(25)26/h7-12,15H,2-3,6,13-14H2,1H3,(H,24,27). The van der Waals surface area contributed by atoms with Crippen LogP contribution < -0.4 is 15.0 Å². The third-order valence-electron chi connectivity index (χ3n) is 4.49. The lowest BCUT2D eigenvalue weighted by Gasteiger charge is -2.26. The minimum atomic E-state index is -0.223. The molecule has 0 radical (unpaired) electrons. The minimum Gasteiger partial charge on any atom is -0.497 e. The number of halogens is 1. The van der Waals surface area contributed by atoms with Gasteiger partial charge in [-0.3, -0.25) is 9.59 Å². The maximum atomic E-state index is 12.3. The molecule has 0 atom stereocenters. The lowest BCUT2D eigenvalue weighted by atomic mass is 10.1. The average Bonchev–Trinajstić information content (AvgIpc) is 2.72. The molecule has 6 heteroatoms. The van der Waals surface area contributed by atoms with Crippen molar-refractivity contribution in [2.75, 3.05) is 25.1 Å². The number of anilines is 1. The molecule has 0 saturated carbocycles. The third kappa shape index (κ3) is 4.93. The number of carbonyl (C=O) groups is 2. The van der Waals surface area contributed by atoms with Crippen LogP contribution in [0.5, 0.6) is 5.75 Å². The highest BCUT2D eigenvalue weighted by Crippen LogP contribution is 2.22. The SMILES string of the molecule is COc1ccc(Br)c(C(=O)NCC#Cc2ccc(N3CCCCC3=O)cc2)c1. The van der Waals surface area contributed by atoms with E-state index in [1.54, 1.807) is 25.3 Å². The van der Waals surface area contributed by atoms with Gasteiger partial charge in [0, 0.05) is 28.7 Å². The van der Waals surface area contributed by atoms with Crippen LogP contribution in [0.15, 0.2) is 46.9 Å². The van der Waals surface area contributed by atoms with Crippen molar-refractivity contribution >= 4 is 33.4 Å². The number of carbonyl (C=O) groups excluding carboxylic acids is 2. The molecule has 0 spiro atoms. The molecular formula is C22H21BrN2O3. The van der Waals surface area contributed by atoms with Crippen molar-refractivity contribution in [1.82, 2.24) is 5.32 Å². The van der Waals surface area contributed by atoms with Crippen LogP contribution >= 0.6 is 15.9 Å². The first-order chi connectivity index (χ1) is 13.6. The van der Waals surface area contributed by atoms with E-state index in [9.17, 15) is 9.59 Å². The second-order valence-electron chi connectivity index (χ2n) is 6.38. The molecule has 2 amide bonds. The molecule has 28 heavy (non-hydrogen) atoms. The number of ether oxygens (including phenoxy) is 1. The van der Waals surface area contributed by atoms with E-state index >= 15 is 0 Å². The van der Waals surface area contributed by atoms with E-state index in [0.29, 0.717) is 22.2 Å². The molecule has 0 bridgehead atoms. The van der Waals surface area contributed by atoms with Crippen molar-refractivity contribution in [2.45, 2.75) is 19.3 Å². The van der Waals surface area contributed by atoms with Gasteiger partial charge in [-0.2, -0.15) is 0 Å². The van der Waals surface area contributed by atoms with Crippen LogP contribution in [0.4, 0.5) is 5.69 Å². The van der Waals surface area contributed by atoms with E-state index < -0.39 is 0 Å². The number of nitrogens with one attached hydrogen (secondary N) is 1. The fraction of sp³-hybridized carbons (Fsp3) is 0.273. The molecule has 0 aromatic heterocycles. The molecule has 144 valence electrons. The highest BCUT2D eigenvalue weighted by atomic mass is 79.9. The maximum Gasteiger partial charge on any atom is 0.253 e. The Morgan fingerprint density at radius 2 is 2.00 bits per heavy atom. The molecular weight excluding hydrogens is 420 g/mol. The molecule has 0 aliphatic carbocycles. The zero-order valence-electron chi connectivity index (χ0n) is 15.6. The first-order valence-electron chi connectivity index (χ1n) is 9.09. The lowest BCUT2D eigenvalue weighted by molar-refractivity contribution is -0.119. The fourth-order valence-corrected chi connectivity index (χ4v) is 3.40. The molecule has 1 aliphatic rings. The zero-order chi connectivity index (χ0) is 19.9. The van der Waals surface area contributed by atoms with Gasteiger partial charge in [0.15, 0.2) is 0 Å². The fourth-order valence-electron chi connectivity index (χ4n) is 2.97. The Kier molecular flexibility index (Phi) is 6.72. The summed E-state index contributed by atoms with van der Waals surface area (Å²) in [6.45, 7) is 1.00. The maximum absolute atomic E-state index is 12.3. The first kappa shape index (κ1) is 20.0. The quantitative estimate of drug-likeness (QED) is 0.736. The van der Waals surface area contributed by atoms with Gasteiger partial charge in [0.25, 0.3) is 5.91 Å². The topological polar surface area (TPSA) is 58.6 Å². The van der Waals surface area contributed by atoms with Crippen LogP contribution in [0.1, 0.15) is 35.2 Å². The Bertz CT molecular complexity index is 929. The van der Waals surface area contributed by atoms with Gasteiger partial charge in [0.2, 0.25) is 5.91 Å². The molecule has 1 fully saturated rings. The largest absolute Gasteiger partial charge is 0.497 e. The molecule has 2 aromatic carbocycles. The Hall–Kier alpha value is -2.78. The number of benzene rings is 2. The van der Waals surface area contributed by atoms with Gasteiger partial charge in [-0.15, -0.1) is 0 Å². The van der Waals surface area contributed by atoms with Crippen LogP contribution in [0.3, 0.4) is 0 Å². The smallest absolute Gasteiger partial charge is 0.253 e. The number of nitrogens with zero attached hydrogens (tertiary/aromatic N) is 1. The predicted molar refractivity (Wildman–Crippen MR) is 113 cm³/mol. The molecule has 3 rings (SSSR count). The molecule has 5 nitrogen and oxygen atoms in total. The summed E-state index contributed by atoms with van der Waals surface area (Å²) in [5, 5.41) is 2.78. The van der Waals surface area contributed by atoms with E-state index in [4.69, 9.17) is 4.74 Å². The van der Waals surface area contributed by atoms with E-state index in [1.165, 1.54) is 0 Å². The summed E-state index contributed by atoms with van der Waals surface area (Å²) in [6, 6.07) is 12.8. The zero-order valence-corrected chi connectivity index (χ0v) is 17.2. The van der Waals surface area contributed by atoms with Crippen LogP contribution in [0.25, 0.3) is 0 Å². The highest BCUT2D eigenvalue weighted by molar-refractivity contribution is 9.10. The Labute approximate surface area is 173 Å². The number of hydrogen-bond donors (Lipinski definition) is 1. The lowest BCUT2D eigenvalue weighted by Crippen LogP contribution is -2.35. The van der Waals surface area contributed by atoms with Gasteiger partial charge in [0.05, 0.1) is 19.2 Å². The van der Waals surface area contributed by atoms with Gasteiger partial charge in [-0.25, -0.2) is 0 Å². The molecule has 2 aromatic rings. The summed E-state index contributed by atoms with van der Waals surface area (Å²) in [5.74, 6) is 6.55. The number of amides is 2. The Balaban J connectivity index is 1.57. The summed E-state index contributed by atoms with van der Waals surface area (Å²) in [5.41, 5.74) is 2.24. The normalized spacial score (nSPS) is 13.5. The van der Waals surface area contributed by atoms with E-state index in [1.807, 2.05) is 29.2 Å². The van der Waals surface area contributed by atoms with Gasteiger partial charge in [-0.1, -0.05) is 11.8 Å². The first-order valence-corrected chi connectivity index (χ1v) is 9.89. The average molecular weight is 441 g/mol. The second kappa shape index (κ2) is 9.43. The highest BCUT2D eigenvalue weighted by Gasteiger charge is 2.19. The number of rotatable bonds is 4. The second-order valence-corrected chi connectivity index (χ2v) is 7.23. The van der Waals surface area contributed by atoms with Crippen LogP contribution in [-0.4, -0.2) is 32.0 Å². The van der Waals surface area contributed by atoms with E-state index in [-0.39, 0.29) is 18.4 Å². The van der Waals surface area contributed by atoms with Crippen molar-refractivity contribution in [3.05, 3.63) is 58.1 Å². The minimum absolute atomic E-state index is 0.177. The summed E-state index contributed by atoms with van der Waals surface area (Å²) >= 11 is 3.37. The van der Waals surface area contributed by atoms with Crippen molar-refractivity contribution in [3.63, 3.8) is 0 Å². The number of piperidine rings is 1. The summed E-state index contributed by atoms with van der Waals surface area (Å²) in [4.78, 5) is 26.1. The number of methoxy groups -OCH3 is 1. The predicted octanol–water partition coefficient (Wildman–Crippen LogP) is 3.76. The van der Waals surface area contributed by atoms with Crippen molar-refractivity contribution in [2.24, 2.45) is 0 Å². The molecule has 1 aliphatic heterocycles. The van der Waals surface area contributed by atoms with Crippen molar-refractivity contribution in [1.29, 1.82) is 0 Å². The summed E-state index contributed by atoms with van der Waals surface area (Å²) in [6.07, 6.45) is 2.62. The van der Waals surface area contributed by atoms with Gasteiger partial charge in [-0.05, 0) is 71.2 Å². The van der Waals surface area contributed by atoms with Gasteiger partial charge in [0.1, 0.15) is 5.75 Å².